The summed E-state index contributed by atoms with van der Waals surface area (Å²) in [6, 6.07) is 5.31. The lowest BCUT2D eigenvalue weighted by atomic mass is 10.2. The second kappa shape index (κ2) is 5.61. The van der Waals surface area contributed by atoms with E-state index >= 15 is 0 Å². The molecule has 82 valence electrons. The number of ether oxygens (including phenoxy) is 1. The number of nitrogens with one attached hydrogen (secondary N) is 1. The van der Waals surface area contributed by atoms with Crippen LogP contribution in [0.25, 0.3) is 0 Å². The van der Waals surface area contributed by atoms with Crippen LogP contribution in [0.3, 0.4) is 0 Å². The van der Waals surface area contributed by atoms with E-state index < -0.39 is 0 Å². The van der Waals surface area contributed by atoms with Gasteiger partial charge in [-0.3, -0.25) is 4.79 Å². The quantitative estimate of drug-likeness (QED) is 0.856. The number of carbonyl (C=O) groups excluding carboxylic acids is 1. The predicted octanol–water partition coefficient (Wildman–Crippen LogP) is 2.16. The fraction of sp³-hybridized carbons (Fsp3) is 0.364. The van der Waals surface area contributed by atoms with Crippen LogP contribution in [0.15, 0.2) is 18.2 Å². The molecule has 1 N–H and O–H groups in total. The van der Waals surface area contributed by atoms with E-state index in [1.54, 1.807) is 12.1 Å². The van der Waals surface area contributed by atoms with Crippen LogP contribution in [0, 0.1) is 6.92 Å². The molecule has 0 bridgehead atoms. The fourth-order valence-corrected chi connectivity index (χ4v) is 1.22. The van der Waals surface area contributed by atoms with Crippen molar-refractivity contribution in [1.82, 2.24) is 5.32 Å². The predicted molar refractivity (Wildman–Crippen MR) is 60.4 cm³/mol. The van der Waals surface area contributed by atoms with Gasteiger partial charge in [0, 0.05) is 11.6 Å². The Kier molecular flexibility index (Phi) is 4.43. The summed E-state index contributed by atoms with van der Waals surface area (Å²) in [5.41, 5.74) is 0.935. The van der Waals surface area contributed by atoms with Gasteiger partial charge in [-0.1, -0.05) is 11.6 Å². The van der Waals surface area contributed by atoms with Gasteiger partial charge in [0.25, 0.3) is 5.91 Å². The third-order valence-corrected chi connectivity index (χ3v) is 2.30. The van der Waals surface area contributed by atoms with Crippen molar-refractivity contribution in [3.63, 3.8) is 0 Å². The number of likely N-dealkylation sites (N-methyl/N-ethyl adjacent to an activating group) is 1. The largest absolute Gasteiger partial charge is 0.484 e. The minimum absolute atomic E-state index is 0.0366. The molecule has 0 aliphatic carbocycles. The maximum Gasteiger partial charge on any atom is 0.257 e. The van der Waals surface area contributed by atoms with Gasteiger partial charge in [0.05, 0.1) is 0 Å². The zero-order valence-electron chi connectivity index (χ0n) is 8.84. The molecular weight excluding hydrogens is 214 g/mol. The van der Waals surface area contributed by atoms with Gasteiger partial charge in [0.1, 0.15) is 5.75 Å². The fourth-order valence-electron chi connectivity index (χ4n) is 1.10. The summed E-state index contributed by atoms with van der Waals surface area (Å²) < 4.78 is 5.29. The molecule has 15 heavy (non-hydrogen) atoms. The van der Waals surface area contributed by atoms with Crippen molar-refractivity contribution in [3.05, 3.63) is 28.8 Å². The van der Waals surface area contributed by atoms with E-state index in [0.29, 0.717) is 17.3 Å². The van der Waals surface area contributed by atoms with Crippen molar-refractivity contribution in [1.29, 1.82) is 0 Å². The molecule has 1 aromatic rings. The first-order valence-corrected chi connectivity index (χ1v) is 5.17. The lowest BCUT2D eigenvalue weighted by Crippen LogP contribution is -2.28. The molecule has 0 spiro atoms. The number of carbonyl (C=O) groups is 1. The van der Waals surface area contributed by atoms with Crippen LogP contribution in [0.2, 0.25) is 5.02 Å². The highest BCUT2D eigenvalue weighted by atomic mass is 35.5. The Bertz CT molecular complexity index is 352. The molecule has 0 heterocycles. The average molecular weight is 228 g/mol. The van der Waals surface area contributed by atoms with Gasteiger partial charge in [0.2, 0.25) is 0 Å². The Morgan fingerprint density at radius 2 is 2.27 bits per heavy atom. The van der Waals surface area contributed by atoms with Crippen molar-refractivity contribution in [3.8, 4) is 5.75 Å². The van der Waals surface area contributed by atoms with E-state index in [-0.39, 0.29) is 12.5 Å². The molecular formula is C11H14ClNO2. The summed E-state index contributed by atoms with van der Waals surface area (Å²) in [6.45, 7) is 4.41. The molecule has 0 aliphatic rings. The molecule has 0 unspecified atom stereocenters. The highest BCUT2D eigenvalue weighted by Gasteiger charge is 2.02. The first-order chi connectivity index (χ1) is 7.13. The molecule has 0 radical (unpaired) electrons. The van der Waals surface area contributed by atoms with Gasteiger partial charge in [-0.05, 0) is 37.6 Å². The summed E-state index contributed by atoms with van der Waals surface area (Å²) in [4.78, 5) is 11.1. The minimum atomic E-state index is -0.120. The molecule has 0 saturated heterocycles. The number of benzene rings is 1. The first kappa shape index (κ1) is 11.9. The van der Waals surface area contributed by atoms with Crippen molar-refractivity contribution in [2.75, 3.05) is 13.2 Å². The van der Waals surface area contributed by atoms with E-state index in [0.717, 1.165) is 5.56 Å². The second-order valence-electron chi connectivity index (χ2n) is 3.15. The average Bonchev–Trinajstić information content (AvgIpc) is 2.20. The van der Waals surface area contributed by atoms with Crippen LogP contribution in [0.5, 0.6) is 5.75 Å². The summed E-state index contributed by atoms with van der Waals surface area (Å²) in [5, 5.41) is 3.35. The van der Waals surface area contributed by atoms with Gasteiger partial charge in [-0.2, -0.15) is 0 Å². The molecule has 1 rings (SSSR count). The number of amides is 1. The Balaban J connectivity index is 2.51. The Morgan fingerprint density at radius 1 is 1.53 bits per heavy atom. The smallest absolute Gasteiger partial charge is 0.257 e. The summed E-state index contributed by atoms with van der Waals surface area (Å²) in [5.74, 6) is 0.535. The van der Waals surface area contributed by atoms with Gasteiger partial charge in [-0.25, -0.2) is 0 Å². The molecule has 0 saturated carbocycles. The van der Waals surface area contributed by atoms with Gasteiger partial charge < -0.3 is 10.1 Å². The van der Waals surface area contributed by atoms with E-state index in [9.17, 15) is 4.79 Å². The highest BCUT2D eigenvalue weighted by molar-refractivity contribution is 6.31. The zero-order valence-corrected chi connectivity index (χ0v) is 9.60. The van der Waals surface area contributed by atoms with Crippen molar-refractivity contribution >= 4 is 17.5 Å². The Labute approximate surface area is 94.4 Å². The maximum absolute atomic E-state index is 11.1. The number of hydrogen-bond acceptors (Lipinski definition) is 2. The van der Waals surface area contributed by atoms with E-state index in [2.05, 4.69) is 5.32 Å². The topological polar surface area (TPSA) is 38.3 Å². The molecule has 0 fully saturated rings. The second-order valence-corrected chi connectivity index (χ2v) is 3.56. The Hall–Kier alpha value is -1.22. The van der Waals surface area contributed by atoms with Gasteiger partial charge >= 0.3 is 0 Å². The maximum atomic E-state index is 11.1. The molecule has 0 aliphatic heterocycles. The number of halogens is 1. The van der Waals surface area contributed by atoms with Crippen LogP contribution in [-0.4, -0.2) is 19.1 Å². The Morgan fingerprint density at radius 3 is 2.87 bits per heavy atom. The molecule has 3 nitrogen and oxygen atoms in total. The molecule has 4 heteroatoms. The summed E-state index contributed by atoms with van der Waals surface area (Å²) in [7, 11) is 0. The molecule has 0 aromatic heterocycles. The third kappa shape index (κ3) is 3.80. The van der Waals surface area contributed by atoms with Crippen LogP contribution in [0.4, 0.5) is 0 Å². The third-order valence-electron chi connectivity index (χ3n) is 1.87. The minimum Gasteiger partial charge on any atom is -0.484 e. The first-order valence-electron chi connectivity index (χ1n) is 4.79. The number of rotatable bonds is 4. The van der Waals surface area contributed by atoms with Crippen molar-refractivity contribution in [2.24, 2.45) is 0 Å². The SMILES string of the molecule is CCNC(=O)COc1ccc(Cl)c(C)c1. The number of aryl methyl sites for hydroxylation is 1. The van der Waals surface area contributed by atoms with Crippen LogP contribution >= 0.6 is 11.6 Å². The molecule has 0 atom stereocenters. The van der Waals surface area contributed by atoms with Crippen LogP contribution < -0.4 is 10.1 Å². The molecule has 1 amide bonds. The van der Waals surface area contributed by atoms with E-state index in [1.807, 2.05) is 19.9 Å². The number of hydrogen-bond donors (Lipinski definition) is 1. The monoisotopic (exact) mass is 227 g/mol. The van der Waals surface area contributed by atoms with Crippen molar-refractivity contribution < 1.29 is 9.53 Å². The lowest BCUT2D eigenvalue weighted by molar-refractivity contribution is -0.122. The van der Waals surface area contributed by atoms with Gasteiger partial charge in [-0.15, -0.1) is 0 Å². The lowest BCUT2D eigenvalue weighted by Gasteiger charge is -2.07. The summed E-state index contributed by atoms with van der Waals surface area (Å²) in [6.07, 6.45) is 0. The molecule has 1 aromatic carbocycles. The normalized spacial score (nSPS) is 9.80. The summed E-state index contributed by atoms with van der Waals surface area (Å²) >= 11 is 5.86. The van der Waals surface area contributed by atoms with E-state index in [4.69, 9.17) is 16.3 Å². The van der Waals surface area contributed by atoms with E-state index in [1.165, 1.54) is 0 Å². The highest BCUT2D eigenvalue weighted by Crippen LogP contribution is 2.20. The standard InChI is InChI=1S/C11H14ClNO2/c1-3-13-11(14)7-15-9-4-5-10(12)8(2)6-9/h4-6H,3,7H2,1-2H3,(H,13,14). The van der Waals surface area contributed by atoms with Crippen LogP contribution in [-0.2, 0) is 4.79 Å². The van der Waals surface area contributed by atoms with Gasteiger partial charge in [0.15, 0.2) is 6.61 Å². The van der Waals surface area contributed by atoms with Crippen LogP contribution in [0.1, 0.15) is 12.5 Å². The zero-order chi connectivity index (χ0) is 11.3. The van der Waals surface area contributed by atoms with Crippen molar-refractivity contribution in [2.45, 2.75) is 13.8 Å².